The number of aromatic nitrogens is 2. The van der Waals surface area contributed by atoms with Crippen LogP contribution >= 0.6 is 12.4 Å². The van der Waals surface area contributed by atoms with Gasteiger partial charge in [-0.15, -0.1) is 12.4 Å². The van der Waals surface area contributed by atoms with Crippen LogP contribution in [0.3, 0.4) is 0 Å². The van der Waals surface area contributed by atoms with Gasteiger partial charge in [0.15, 0.2) is 0 Å². The van der Waals surface area contributed by atoms with E-state index in [-0.39, 0.29) is 18.2 Å². The molecule has 0 spiro atoms. The van der Waals surface area contributed by atoms with Crippen molar-refractivity contribution in [1.29, 1.82) is 0 Å². The molecule has 0 aliphatic carbocycles. The third kappa shape index (κ3) is 4.22. The molecule has 19 heavy (non-hydrogen) atoms. The molecule has 0 atom stereocenters. The molecule has 0 fully saturated rings. The molecule has 0 amide bonds. The second-order valence-electron chi connectivity index (χ2n) is 3.70. The lowest BCUT2D eigenvalue weighted by Crippen LogP contribution is -2.11. The van der Waals surface area contributed by atoms with Crippen LogP contribution in [0.15, 0.2) is 28.8 Å². The number of halogens is 4. The van der Waals surface area contributed by atoms with Gasteiger partial charge in [-0.2, -0.15) is 18.2 Å². The van der Waals surface area contributed by atoms with Crippen molar-refractivity contribution < 1.29 is 17.7 Å². The van der Waals surface area contributed by atoms with E-state index < -0.39 is 18.5 Å². The summed E-state index contributed by atoms with van der Waals surface area (Å²) < 4.78 is 40.9. The molecule has 2 aromatic rings. The molecule has 0 aliphatic rings. The summed E-state index contributed by atoms with van der Waals surface area (Å²) in [6, 6.07) is 6.89. The number of nitrogens with zero attached hydrogens (tertiary/aromatic N) is 2. The molecule has 0 unspecified atom stereocenters. The summed E-state index contributed by atoms with van der Waals surface area (Å²) in [7, 11) is 0. The van der Waals surface area contributed by atoms with Gasteiger partial charge < -0.3 is 10.3 Å². The summed E-state index contributed by atoms with van der Waals surface area (Å²) in [5.41, 5.74) is 6.94. The topological polar surface area (TPSA) is 64.9 Å². The molecule has 4 nitrogen and oxygen atoms in total. The molecule has 104 valence electrons. The van der Waals surface area contributed by atoms with Crippen LogP contribution in [0, 0.1) is 0 Å². The first-order valence-electron chi connectivity index (χ1n) is 5.16. The molecular weight excluding hydrogens is 283 g/mol. The fraction of sp³-hybridized carbons (Fsp3) is 0.273. The lowest BCUT2D eigenvalue weighted by molar-refractivity contribution is -0.131. The van der Waals surface area contributed by atoms with Gasteiger partial charge in [-0.05, 0) is 5.56 Å². The zero-order chi connectivity index (χ0) is 13.2. The van der Waals surface area contributed by atoms with Crippen LogP contribution in [0.4, 0.5) is 13.2 Å². The van der Waals surface area contributed by atoms with Crippen LogP contribution in [0.5, 0.6) is 0 Å². The quantitative estimate of drug-likeness (QED) is 0.945. The highest BCUT2D eigenvalue weighted by Crippen LogP contribution is 2.22. The van der Waals surface area contributed by atoms with E-state index in [1.807, 2.05) is 0 Å². The van der Waals surface area contributed by atoms with Crippen molar-refractivity contribution in [1.82, 2.24) is 10.1 Å². The Morgan fingerprint density at radius 2 is 1.79 bits per heavy atom. The molecule has 0 aliphatic heterocycles. The average Bonchev–Trinajstić information content (AvgIpc) is 2.75. The van der Waals surface area contributed by atoms with Crippen LogP contribution < -0.4 is 5.73 Å². The van der Waals surface area contributed by atoms with Crippen molar-refractivity contribution in [2.24, 2.45) is 5.73 Å². The van der Waals surface area contributed by atoms with Crippen molar-refractivity contribution in [3.63, 3.8) is 0 Å². The summed E-state index contributed by atoms with van der Waals surface area (Å²) in [6.45, 7) is 0.395. The normalized spacial score (nSPS) is 11.2. The fourth-order valence-electron chi connectivity index (χ4n) is 1.41. The highest BCUT2D eigenvalue weighted by Gasteiger charge is 2.31. The molecule has 2 rings (SSSR count). The van der Waals surface area contributed by atoms with Gasteiger partial charge in [-0.1, -0.05) is 29.4 Å². The predicted octanol–water partition coefficient (Wildman–Crippen LogP) is 2.72. The predicted molar refractivity (Wildman–Crippen MR) is 64.6 cm³/mol. The second kappa shape index (κ2) is 6.03. The fourth-order valence-corrected chi connectivity index (χ4v) is 1.41. The molecule has 0 bridgehead atoms. The van der Waals surface area contributed by atoms with Crippen molar-refractivity contribution in [3.8, 4) is 11.4 Å². The number of rotatable bonds is 3. The van der Waals surface area contributed by atoms with Gasteiger partial charge >= 0.3 is 6.18 Å². The highest BCUT2D eigenvalue weighted by molar-refractivity contribution is 5.85. The van der Waals surface area contributed by atoms with Gasteiger partial charge in [0.1, 0.15) is 6.42 Å². The SMILES string of the molecule is Cl.NCc1ccc(-c2noc(CC(F)(F)F)n2)cc1. The van der Waals surface area contributed by atoms with Gasteiger partial charge in [0.25, 0.3) is 0 Å². The van der Waals surface area contributed by atoms with Gasteiger partial charge in [0, 0.05) is 12.1 Å². The average molecular weight is 294 g/mol. The monoisotopic (exact) mass is 293 g/mol. The molecule has 8 heteroatoms. The Labute approximate surface area is 113 Å². The molecule has 2 N–H and O–H groups in total. The van der Waals surface area contributed by atoms with E-state index >= 15 is 0 Å². The minimum atomic E-state index is -4.35. The first kappa shape index (κ1) is 15.5. The maximum atomic E-state index is 12.1. The minimum absolute atomic E-state index is 0. The second-order valence-corrected chi connectivity index (χ2v) is 3.70. The van der Waals surface area contributed by atoms with Crippen LogP contribution in [0.2, 0.25) is 0 Å². The lowest BCUT2D eigenvalue weighted by atomic mass is 10.1. The molecule has 1 aromatic heterocycles. The van der Waals surface area contributed by atoms with Crippen molar-refractivity contribution in [3.05, 3.63) is 35.7 Å². The van der Waals surface area contributed by atoms with Crippen LogP contribution in [0.25, 0.3) is 11.4 Å². The summed E-state index contributed by atoms with van der Waals surface area (Å²) in [5.74, 6) is -0.307. The summed E-state index contributed by atoms with van der Waals surface area (Å²) >= 11 is 0. The van der Waals surface area contributed by atoms with Gasteiger partial charge in [-0.3, -0.25) is 0 Å². The smallest absolute Gasteiger partial charge is 0.339 e. The molecule has 0 saturated carbocycles. The van der Waals surface area contributed by atoms with E-state index in [0.717, 1.165) is 5.56 Å². The lowest BCUT2D eigenvalue weighted by Gasteiger charge is -1.99. The first-order valence-corrected chi connectivity index (χ1v) is 5.16. The van der Waals surface area contributed by atoms with E-state index in [1.165, 1.54) is 0 Å². The van der Waals surface area contributed by atoms with Crippen LogP contribution in [0.1, 0.15) is 11.5 Å². The molecular formula is C11H11ClF3N3O. The zero-order valence-corrected chi connectivity index (χ0v) is 10.5. The zero-order valence-electron chi connectivity index (χ0n) is 9.65. The van der Waals surface area contributed by atoms with E-state index in [2.05, 4.69) is 14.7 Å². The van der Waals surface area contributed by atoms with Crippen LogP contribution in [-0.4, -0.2) is 16.3 Å². The van der Waals surface area contributed by atoms with E-state index in [0.29, 0.717) is 12.1 Å². The molecule has 0 radical (unpaired) electrons. The van der Waals surface area contributed by atoms with Crippen molar-refractivity contribution >= 4 is 12.4 Å². The van der Waals surface area contributed by atoms with Gasteiger partial charge in [0.2, 0.25) is 11.7 Å². The number of benzene rings is 1. The summed E-state index contributed by atoms with van der Waals surface area (Å²) in [5, 5.41) is 3.51. The maximum absolute atomic E-state index is 12.1. The maximum Gasteiger partial charge on any atom is 0.397 e. The Kier molecular flexibility index (Phi) is 4.90. The largest absolute Gasteiger partial charge is 0.397 e. The van der Waals surface area contributed by atoms with Crippen molar-refractivity contribution in [2.45, 2.75) is 19.1 Å². The number of nitrogens with two attached hydrogens (primary N) is 1. The van der Waals surface area contributed by atoms with E-state index in [9.17, 15) is 13.2 Å². The Morgan fingerprint density at radius 3 is 2.32 bits per heavy atom. The van der Waals surface area contributed by atoms with E-state index in [1.54, 1.807) is 24.3 Å². The van der Waals surface area contributed by atoms with E-state index in [4.69, 9.17) is 5.73 Å². The molecule has 1 aromatic carbocycles. The minimum Gasteiger partial charge on any atom is -0.339 e. The standard InChI is InChI=1S/C11H10F3N3O.ClH/c12-11(13,14)5-9-16-10(17-18-9)8-3-1-7(6-15)2-4-8;/h1-4H,5-6,15H2;1H. The van der Waals surface area contributed by atoms with Gasteiger partial charge in [-0.25, -0.2) is 0 Å². The Morgan fingerprint density at radius 1 is 1.16 bits per heavy atom. The van der Waals surface area contributed by atoms with Gasteiger partial charge in [0.05, 0.1) is 0 Å². The number of hydrogen-bond acceptors (Lipinski definition) is 4. The Hall–Kier alpha value is -1.60. The van der Waals surface area contributed by atoms with Crippen molar-refractivity contribution in [2.75, 3.05) is 0 Å². The summed E-state index contributed by atoms with van der Waals surface area (Å²) in [6.07, 6.45) is -5.58. The summed E-state index contributed by atoms with van der Waals surface area (Å²) in [4.78, 5) is 3.69. The Balaban J connectivity index is 0.00000180. The first-order chi connectivity index (χ1) is 8.48. The number of hydrogen-bond donors (Lipinski definition) is 1. The highest BCUT2D eigenvalue weighted by atomic mass is 35.5. The third-order valence-electron chi connectivity index (χ3n) is 2.27. The third-order valence-corrected chi connectivity index (χ3v) is 2.27. The van der Waals surface area contributed by atoms with Crippen LogP contribution in [-0.2, 0) is 13.0 Å². The molecule has 1 heterocycles. The molecule has 0 saturated heterocycles. The number of alkyl halides is 3. The Bertz CT molecular complexity index is 525.